The summed E-state index contributed by atoms with van der Waals surface area (Å²) >= 11 is 6.21. The molecule has 1 aliphatic heterocycles. The number of aliphatic hydroxyl groups is 1. The summed E-state index contributed by atoms with van der Waals surface area (Å²) in [4.78, 5) is 0. The first-order valence-corrected chi connectivity index (χ1v) is 7.78. The van der Waals surface area contributed by atoms with Gasteiger partial charge >= 0.3 is 0 Å². The van der Waals surface area contributed by atoms with Crippen molar-refractivity contribution < 1.29 is 9.84 Å². The van der Waals surface area contributed by atoms with Gasteiger partial charge in [-0.1, -0.05) is 24.4 Å². The normalized spacial score (nSPS) is 20.4. The number of halogens is 1. The molecule has 3 N–H and O–H groups in total. The third-order valence-corrected chi connectivity index (χ3v) is 4.80. The highest BCUT2D eigenvalue weighted by Crippen LogP contribution is 2.43. The Labute approximate surface area is 125 Å². The van der Waals surface area contributed by atoms with Crippen molar-refractivity contribution in [3.63, 3.8) is 0 Å². The Kier molecular flexibility index (Phi) is 3.93. The number of ether oxygens (including phenoxy) is 1. The number of benzene rings is 1. The van der Waals surface area contributed by atoms with Crippen LogP contribution in [0.3, 0.4) is 0 Å². The van der Waals surface area contributed by atoms with Gasteiger partial charge in [0.05, 0.1) is 13.2 Å². The summed E-state index contributed by atoms with van der Waals surface area (Å²) in [7, 11) is 0. The van der Waals surface area contributed by atoms with Crippen LogP contribution in [0.4, 0.5) is 0 Å². The number of nitrogens with two attached hydrogens (primary N) is 1. The number of rotatable bonds is 6. The van der Waals surface area contributed by atoms with E-state index in [1.54, 1.807) is 0 Å². The fourth-order valence-corrected chi connectivity index (χ4v) is 3.49. The molecular weight excluding hydrogens is 274 g/mol. The Balaban J connectivity index is 1.88. The van der Waals surface area contributed by atoms with Gasteiger partial charge in [-0.2, -0.15) is 0 Å². The van der Waals surface area contributed by atoms with Crippen LogP contribution >= 0.6 is 11.6 Å². The van der Waals surface area contributed by atoms with Gasteiger partial charge in [0.2, 0.25) is 0 Å². The Morgan fingerprint density at radius 3 is 2.85 bits per heavy atom. The Hall–Kier alpha value is -0.770. The molecule has 1 aromatic carbocycles. The molecule has 0 radical (unpaired) electrons. The second kappa shape index (κ2) is 5.55. The van der Waals surface area contributed by atoms with Crippen molar-refractivity contribution in [2.75, 3.05) is 19.8 Å². The van der Waals surface area contributed by atoms with Crippen molar-refractivity contribution >= 4 is 11.6 Å². The summed E-state index contributed by atoms with van der Waals surface area (Å²) in [6, 6.07) is 3.95. The van der Waals surface area contributed by atoms with Gasteiger partial charge < -0.3 is 15.6 Å². The molecule has 1 saturated carbocycles. The van der Waals surface area contributed by atoms with Crippen LogP contribution in [0.15, 0.2) is 12.1 Å². The van der Waals surface area contributed by atoms with Crippen molar-refractivity contribution in [2.45, 2.75) is 32.1 Å². The maximum absolute atomic E-state index is 9.88. The van der Waals surface area contributed by atoms with Crippen LogP contribution in [-0.4, -0.2) is 24.9 Å². The lowest BCUT2D eigenvalue weighted by Gasteiger charge is -2.31. The van der Waals surface area contributed by atoms with Gasteiger partial charge in [-0.3, -0.25) is 0 Å². The third kappa shape index (κ3) is 2.80. The maximum atomic E-state index is 9.88. The molecule has 0 spiro atoms. The molecule has 1 heterocycles. The van der Waals surface area contributed by atoms with E-state index < -0.39 is 0 Å². The highest BCUT2D eigenvalue weighted by Gasteiger charge is 2.37. The monoisotopic (exact) mass is 295 g/mol. The average Bonchev–Trinajstić information content (AvgIpc) is 3.12. The van der Waals surface area contributed by atoms with Crippen LogP contribution < -0.4 is 10.5 Å². The summed E-state index contributed by atoms with van der Waals surface area (Å²) in [5.74, 6) is 1.70. The summed E-state index contributed by atoms with van der Waals surface area (Å²) in [5, 5.41) is 10.6. The third-order valence-electron chi connectivity index (χ3n) is 4.58. The zero-order valence-electron chi connectivity index (χ0n) is 11.7. The zero-order chi connectivity index (χ0) is 14.2. The molecule has 110 valence electrons. The van der Waals surface area contributed by atoms with Crippen molar-refractivity contribution in [1.29, 1.82) is 0 Å². The predicted molar refractivity (Wildman–Crippen MR) is 80.3 cm³/mol. The van der Waals surface area contributed by atoms with Crippen LogP contribution in [0, 0.1) is 11.3 Å². The van der Waals surface area contributed by atoms with E-state index in [-0.39, 0.29) is 12.0 Å². The smallest absolute Gasteiger partial charge is 0.125 e. The molecule has 1 fully saturated rings. The Morgan fingerprint density at radius 1 is 1.40 bits per heavy atom. The van der Waals surface area contributed by atoms with Gasteiger partial charge in [0.15, 0.2) is 0 Å². The van der Waals surface area contributed by atoms with Gasteiger partial charge in [0.25, 0.3) is 0 Å². The minimum atomic E-state index is -0.231. The minimum Gasteiger partial charge on any atom is -0.493 e. The lowest BCUT2D eigenvalue weighted by Crippen LogP contribution is -2.37. The molecule has 0 bridgehead atoms. The fourth-order valence-electron chi connectivity index (χ4n) is 3.23. The molecular formula is C16H22ClNO2. The molecule has 1 atom stereocenters. The second-order valence-corrected chi connectivity index (χ2v) is 6.77. The lowest BCUT2D eigenvalue weighted by molar-refractivity contribution is 0.115. The highest BCUT2D eigenvalue weighted by molar-refractivity contribution is 6.30. The summed E-state index contributed by atoms with van der Waals surface area (Å²) < 4.78 is 5.76. The molecule has 0 amide bonds. The predicted octanol–water partition coefficient (Wildman–Crippen LogP) is 2.55. The Bertz CT molecular complexity index is 495. The summed E-state index contributed by atoms with van der Waals surface area (Å²) in [6.45, 7) is 1.35. The van der Waals surface area contributed by atoms with Crippen LogP contribution in [0.25, 0.3) is 0 Å². The Morgan fingerprint density at radius 2 is 2.20 bits per heavy atom. The van der Waals surface area contributed by atoms with E-state index in [4.69, 9.17) is 22.1 Å². The van der Waals surface area contributed by atoms with Crippen molar-refractivity contribution in [3.8, 4) is 5.75 Å². The highest BCUT2D eigenvalue weighted by atomic mass is 35.5. The first-order chi connectivity index (χ1) is 9.65. The van der Waals surface area contributed by atoms with Crippen LogP contribution in [0.1, 0.15) is 30.4 Å². The van der Waals surface area contributed by atoms with Crippen molar-refractivity contribution in [1.82, 2.24) is 0 Å². The van der Waals surface area contributed by atoms with Gasteiger partial charge in [-0.25, -0.2) is 0 Å². The quantitative estimate of drug-likeness (QED) is 0.848. The van der Waals surface area contributed by atoms with Crippen molar-refractivity contribution in [2.24, 2.45) is 17.1 Å². The van der Waals surface area contributed by atoms with Crippen LogP contribution in [-0.2, 0) is 12.8 Å². The van der Waals surface area contributed by atoms with E-state index >= 15 is 0 Å². The second-order valence-electron chi connectivity index (χ2n) is 6.34. The molecule has 2 aliphatic rings. The zero-order valence-corrected chi connectivity index (χ0v) is 12.5. The molecule has 3 nitrogen and oxygen atoms in total. The van der Waals surface area contributed by atoms with Gasteiger partial charge in [0, 0.05) is 23.4 Å². The summed E-state index contributed by atoms with van der Waals surface area (Å²) in [6.07, 6.45) is 5.21. The largest absolute Gasteiger partial charge is 0.493 e. The van der Waals surface area contributed by atoms with E-state index in [9.17, 15) is 5.11 Å². The molecule has 1 unspecified atom stereocenters. The minimum absolute atomic E-state index is 0.126. The van der Waals surface area contributed by atoms with E-state index in [0.717, 1.165) is 48.1 Å². The number of hydrogen-bond acceptors (Lipinski definition) is 3. The fraction of sp³-hybridized carbons (Fsp3) is 0.625. The SMILES string of the molecule is NCC(CO)(Cc1cc(Cl)cc2c1OCC2)CC1CC1. The first kappa shape index (κ1) is 14.2. The van der Waals surface area contributed by atoms with E-state index in [1.165, 1.54) is 18.4 Å². The number of aliphatic hydroxyl groups excluding tert-OH is 1. The first-order valence-electron chi connectivity index (χ1n) is 7.41. The molecule has 0 saturated heterocycles. The average molecular weight is 296 g/mol. The van der Waals surface area contributed by atoms with E-state index in [2.05, 4.69) is 0 Å². The molecule has 1 aromatic rings. The van der Waals surface area contributed by atoms with Gasteiger partial charge in [-0.15, -0.1) is 0 Å². The van der Waals surface area contributed by atoms with E-state index in [1.807, 2.05) is 12.1 Å². The lowest BCUT2D eigenvalue weighted by atomic mass is 9.77. The number of hydrogen-bond donors (Lipinski definition) is 2. The summed E-state index contributed by atoms with van der Waals surface area (Å²) in [5.41, 5.74) is 8.05. The molecule has 4 heteroatoms. The molecule has 0 aromatic heterocycles. The molecule has 20 heavy (non-hydrogen) atoms. The standard InChI is InChI=1S/C16H22ClNO2/c17-14-5-12-3-4-20-15(12)13(6-14)8-16(9-18,10-19)7-11-1-2-11/h5-6,11,19H,1-4,7-10,18H2. The number of fused-ring (bicyclic) bond motifs is 1. The van der Waals surface area contributed by atoms with Gasteiger partial charge in [0.1, 0.15) is 5.75 Å². The molecule has 3 rings (SSSR count). The maximum Gasteiger partial charge on any atom is 0.125 e. The molecule has 1 aliphatic carbocycles. The topological polar surface area (TPSA) is 55.5 Å². The van der Waals surface area contributed by atoms with Crippen LogP contribution in [0.5, 0.6) is 5.75 Å². The van der Waals surface area contributed by atoms with Gasteiger partial charge in [-0.05, 0) is 42.0 Å². The van der Waals surface area contributed by atoms with Crippen LogP contribution in [0.2, 0.25) is 5.02 Å². The van der Waals surface area contributed by atoms with Crippen molar-refractivity contribution in [3.05, 3.63) is 28.3 Å². The van der Waals surface area contributed by atoms with E-state index in [0.29, 0.717) is 6.54 Å².